The number of nitrogens with zero attached hydrogens (tertiary/aromatic N) is 9. The lowest BCUT2D eigenvalue weighted by Crippen LogP contribution is -2.24. The fraction of sp³-hybridized carbons (Fsp3) is 0.673. The lowest BCUT2D eigenvalue weighted by Gasteiger charge is -2.32. The van der Waals surface area contributed by atoms with Gasteiger partial charge in [0.25, 0.3) is 0 Å². The van der Waals surface area contributed by atoms with E-state index in [0.717, 1.165) is 72.3 Å². The first kappa shape index (κ1) is 118. The largest absolute Gasteiger partial charge is 0.507 e. The van der Waals surface area contributed by atoms with E-state index in [2.05, 4.69) is 413 Å². The monoisotopic (exact) mass is 1750 g/mol. The molecule has 16 nitrogen and oxygen atoms in total. The Bertz CT molecular complexity index is 3850. The van der Waals surface area contributed by atoms with Crippen molar-refractivity contribution in [2.45, 2.75) is 371 Å². The summed E-state index contributed by atoms with van der Waals surface area (Å²) in [6.07, 6.45) is 0. The van der Waals surface area contributed by atoms with E-state index in [-0.39, 0.29) is 48.3 Å². The highest BCUT2D eigenvalue weighted by Crippen LogP contribution is 2.51. The van der Waals surface area contributed by atoms with Gasteiger partial charge in [-0.1, -0.05) is 111 Å². The van der Waals surface area contributed by atoms with E-state index in [1.165, 1.54) is 94.6 Å². The molecular formula is C110H194N10O6. The molecule has 10 atom stereocenters. The van der Waals surface area contributed by atoms with Crippen LogP contribution in [0.25, 0.3) is 0 Å². The summed E-state index contributed by atoms with van der Waals surface area (Å²) in [6.45, 7) is 82.2. The molecule has 0 aliphatic rings. The van der Waals surface area contributed by atoms with Crippen LogP contribution in [0.4, 0.5) is 0 Å². The summed E-state index contributed by atoms with van der Waals surface area (Å²) in [5.74, 6) is 5.88. The van der Waals surface area contributed by atoms with Crippen molar-refractivity contribution in [3.63, 3.8) is 0 Å². The highest BCUT2D eigenvalue weighted by Gasteiger charge is 2.35. The lowest BCUT2D eigenvalue weighted by molar-refractivity contribution is 0.294. The third kappa shape index (κ3) is 26.6. The number of phenols is 6. The summed E-state index contributed by atoms with van der Waals surface area (Å²) in [5, 5.41) is 65.2. The molecule has 0 saturated carbocycles. The van der Waals surface area contributed by atoms with Crippen LogP contribution in [0.2, 0.25) is 0 Å². The van der Waals surface area contributed by atoms with E-state index in [9.17, 15) is 30.6 Å². The predicted molar refractivity (Wildman–Crippen MR) is 550 cm³/mol. The van der Waals surface area contributed by atoms with Crippen LogP contribution in [0.15, 0.2) is 0 Å². The van der Waals surface area contributed by atoms with Gasteiger partial charge in [0.15, 0.2) is 0 Å². The van der Waals surface area contributed by atoms with Gasteiger partial charge >= 0.3 is 0 Å². The van der Waals surface area contributed by atoms with Crippen molar-refractivity contribution in [2.75, 3.05) is 127 Å². The van der Waals surface area contributed by atoms with Gasteiger partial charge in [-0.15, -0.1) is 0 Å². The highest BCUT2D eigenvalue weighted by atomic mass is 16.3. The zero-order valence-corrected chi connectivity index (χ0v) is 91.7. The van der Waals surface area contributed by atoms with Crippen molar-refractivity contribution in [2.24, 2.45) is 5.73 Å². The quantitative estimate of drug-likeness (QED) is 0.0259. The Morgan fingerprint density at radius 2 is 0.230 bits per heavy atom. The average molecular weight is 1750 g/mol. The molecule has 10 unspecified atom stereocenters. The average Bonchev–Trinajstić information content (AvgIpc) is 0.735. The van der Waals surface area contributed by atoms with Crippen LogP contribution in [-0.4, -0.2) is 202 Å². The third-order valence-electron chi connectivity index (χ3n) is 28.6. The summed E-state index contributed by atoms with van der Waals surface area (Å²) < 4.78 is 0. The Labute approximate surface area is 775 Å². The van der Waals surface area contributed by atoms with Gasteiger partial charge in [-0.3, -0.25) is 0 Å². The Kier molecular flexibility index (Phi) is 46.0. The van der Waals surface area contributed by atoms with E-state index in [4.69, 9.17) is 5.73 Å². The smallest absolute Gasteiger partial charge is 0.125 e. The number of benzene rings is 6. The molecule has 720 valence electrons. The first-order chi connectivity index (χ1) is 57.4. The minimum absolute atomic E-state index is 0.131. The van der Waals surface area contributed by atoms with E-state index in [1.807, 2.05) is 21.0 Å². The van der Waals surface area contributed by atoms with Gasteiger partial charge in [0, 0.05) is 105 Å². The molecule has 0 radical (unpaired) electrons. The Hall–Kier alpha value is -6.28. The van der Waals surface area contributed by atoms with Gasteiger partial charge in [-0.05, 0) is 449 Å². The highest BCUT2D eigenvalue weighted by molar-refractivity contribution is 5.63. The van der Waals surface area contributed by atoms with E-state index >= 15 is 0 Å². The molecule has 0 aromatic heterocycles. The Morgan fingerprint density at radius 3 is 0.357 bits per heavy atom. The molecule has 0 aliphatic heterocycles. The maximum atomic E-state index is 11.0. The molecule has 0 bridgehead atoms. The second-order valence-electron chi connectivity index (χ2n) is 41.8. The van der Waals surface area contributed by atoms with Crippen molar-refractivity contribution in [1.82, 2.24) is 44.1 Å². The van der Waals surface area contributed by atoms with E-state index in [0.29, 0.717) is 93.9 Å². The molecule has 126 heavy (non-hydrogen) atoms. The van der Waals surface area contributed by atoms with Crippen LogP contribution in [0.1, 0.15) is 455 Å². The number of phenolic OH excluding ortho intramolecular Hbond substituents is 6. The molecule has 0 amide bonds. The minimum Gasteiger partial charge on any atom is -0.507 e. The number of hydrogen-bond donors (Lipinski definition) is 7. The first-order valence-electron chi connectivity index (χ1n) is 47.3. The molecule has 0 heterocycles. The van der Waals surface area contributed by atoms with Crippen molar-refractivity contribution >= 4 is 0 Å². The Balaban J connectivity index is 0.000000756. The van der Waals surface area contributed by atoms with Gasteiger partial charge in [0.05, 0.1) is 0 Å². The molecule has 8 N–H and O–H groups in total. The second kappa shape index (κ2) is 49.3. The third-order valence-corrected chi connectivity index (χ3v) is 28.6. The van der Waals surface area contributed by atoms with E-state index in [1.54, 1.807) is 0 Å². The number of nitrogens with two attached hydrogens (primary N) is 1. The van der Waals surface area contributed by atoms with Gasteiger partial charge in [-0.25, -0.2) is 0 Å². The van der Waals surface area contributed by atoms with Crippen LogP contribution in [0.5, 0.6) is 34.5 Å². The fourth-order valence-electron chi connectivity index (χ4n) is 20.4. The normalized spacial score (nSPS) is 14.5. The SMILES string of the molecule is Cc1c(C(C)C)c(C)c(C(C)N(C)C)c(O)c1C(C)C.Cc1c(C(C)C)c(C)c(C(C)N(C)C)c(O)c1C(C)C.Cc1c(C(C)C)c(C)c(C(C)N(C)C)c(O)c1C(C)N(C)C.Cc1c(C(C)C)c(O)c(C(C)C)c(C)c1C(C)N(C)C.Cc1c(C(C)C)c(O)c(C(C)N(C)C)c(C)c1C(C)N(C)C.Cc1c(C(C)N)c(O)c(C(C)N(C)C)c(C)c1C(C)N(C)C. The van der Waals surface area contributed by atoms with Crippen LogP contribution in [-0.2, 0) is 0 Å². The first-order valence-corrected chi connectivity index (χ1v) is 47.3. The maximum absolute atomic E-state index is 11.0. The molecule has 0 spiro atoms. The minimum atomic E-state index is -0.193. The molecule has 6 aromatic carbocycles. The summed E-state index contributed by atoms with van der Waals surface area (Å²) in [6, 6.07) is 1.87. The van der Waals surface area contributed by atoms with Crippen LogP contribution in [0, 0.1) is 83.1 Å². The number of rotatable bonds is 27. The van der Waals surface area contributed by atoms with Gasteiger partial charge in [0.1, 0.15) is 34.5 Å². The van der Waals surface area contributed by atoms with Gasteiger partial charge in [-0.2, -0.15) is 0 Å². The van der Waals surface area contributed by atoms with Crippen molar-refractivity contribution in [3.05, 3.63) is 167 Å². The number of hydrogen-bond acceptors (Lipinski definition) is 16. The molecule has 16 heteroatoms. The summed E-state index contributed by atoms with van der Waals surface area (Å²) in [4.78, 5) is 19.6. The summed E-state index contributed by atoms with van der Waals surface area (Å²) in [7, 11) is 37.3. The van der Waals surface area contributed by atoms with Crippen molar-refractivity contribution in [1.29, 1.82) is 0 Å². The summed E-state index contributed by atoms with van der Waals surface area (Å²) in [5.41, 5.74) is 41.9. The zero-order chi connectivity index (χ0) is 99.4. The summed E-state index contributed by atoms with van der Waals surface area (Å²) >= 11 is 0. The van der Waals surface area contributed by atoms with Gasteiger partial charge in [0.2, 0.25) is 0 Å². The lowest BCUT2D eigenvalue weighted by atomic mass is 9.81. The fourth-order valence-corrected chi connectivity index (χ4v) is 20.4. The standard InChI is InChI=1S/2C19H34N2O.C18H33N3O.3C18H31NO/c1-11(2)16-12(3)17(14(5)20(7)8)13(4)18(19(16)22)15(6)21(9)10;1-11(2)16-12(3)17(14(5)20(7)8)19(22)18(13(16)4)15(6)21(9)10;1-10-15(13(4)20(6)7)11(2)17(14(5)21(8)9)18(22)16(10)12(3)19;1-10(2)15-12(5)17(14(7)19(8)9)13(6)16(11(3)4)18(15)20;2*1-10(2)15-12(5)16(11(3)4)18(20)17(13(15)6)14(7)19(8)9/h2*11,14-15,22H,1-10H3;12-14,22H,19H2,1-9H3;3*10-11,14,20H,1-9H3. The Morgan fingerprint density at radius 1 is 0.143 bits per heavy atom. The molecule has 6 rings (SSSR count). The zero-order valence-electron chi connectivity index (χ0n) is 91.7. The molecule has 0 aliphatic carbocycles. The molecular weight excluding hydrogens is 1560 g/mol. The van der Waals surface area contributed by atoms with E-state index < -0.39 is 0 Å². The molecule has 6 aromatic rings. The van der Waals surface area contributed by atoms with Crippen molar-refractivity contribution in [3.8, 4) is 34.5 Å². The van der Waals surface area contributed by atoms with Gasteiger partial charge < -0.3 is 80.5 Å². The molecule has 0 fully saturated rings. The predicted octanol–water partition coefficient (Wildman–Crippen LogP) is 26.7. The second-order valence-corrected chi connectivity index (χ2v) is 41.8. The number of aromatic hydroxyl groups is 6. The molecule has 0 saturated heterocycles. The van der Waals surface area contributed by atoms with Crippen LogP contribution >= 0.6 is 0 Å². The van der Waals surface area contributed by atoms with Crippen molar-refractivity contribution < 1.29 is 30.6 Å². The topological polar surface area (TPSA) is 177 Å². The van der Waals surface area contributed by atoms with Crippen LogP contribution in [0.3, 0.4) is 0 Å². The van der Waals surface area contributed by atoms with Crippen LogP contribution < -0.4 is 5.73 Å². The maximum Gasteiger partial charge on any atom is 0.125 e.